The van der Waals surface area contributed by atoms with Crippen LogP contribution in [0.3, 0.4) is 0 Å². The third kappa shape index (κ3) is 2.64. The molecule has 1 aromatic carbocycles. The molecule has 9 heteroatoms. The van der Waals surface area contributed by atoms with Crippen LogP contribution < -0.4 is 0 Å². The summed E-state index contributed by atoms with van der Waals surface area (Å²) in [6.45, 7) is 1.83. The first-order chi connectivity index (χ1) is 9.84. The topological polar surface area (TPSA) is 78.0 Å². The molecular formula is C12H9ClFN3O3S. The van der Waals surface area contributed by atoms with E-state index in [9.17, 15) is 12.8 Å². The number of benzene rings is 1. The highest BCUT2D eigenvalue weighted by Crippen LogP contribution is 2.29. The number of aromatic nitrogens is 3. The summed E-state index contributed by atoms with van der Waals surface area (Å²) in [7, 11) is 1.41. The predicted molar refractivity (Wildman–Crippen MR) is 73.1 cm³/mol. The Morgan fingerprint density at radius 2 is 2.19 bits per heavy atom. The minimum atomic E-state index is -3.99. The first kappa shape index (κ1) is 14.0. The van der Waals surface area contributed by atoms with Crippen molar-refractivity contribution in [1.82, 2.24) is 14.7 Å². The Morgan fingerprint density at radius 3 is 2.81 bits per heavy atom. The second-order valence-electron chi connectivity index (χ2n) is 4.45. The molecule has 0 saturated heterocycles. The van der Waals surface area contributed by atoms with E-state index in [1.165, 1.54) is 18.3 Å². The quantitative estimate of drug-likeness (QED) is 0.690. The highest BCUT2D eigenvalue weighted by atomic mass is 35.7. The van der Waals surface area contributed by atoms with Gasteiger partial charge in [-0.05, 0) is 18.2 Å². The van der Waals surface area contributed by atoms with Gasteiger partial charge in [0.15, 0.2) is 5.82 Å². The number of halogens is 2. The van der Waals surface area contributed by atoms with Crippen molar-refractivity contribution < 1.29 is 17.3 Å². The van der Waals surface area contributed by atoms with E-state index in [4.69, 9.17) is 15.2 Å². The summed E-state index contributed by atoms with van der Waals surface area (Å²) in [5, 5.41) is 3.96. The number of aryl methyl sites for hydroxylation is 1. The van der Waals surface area contributed by atoms with Gasteiger partial charge < -0.3 is 9.09 Å². The smallest absolute Gasteiger partial charge is 0.263 e. The van der Waals surface area contributed by atoms with E-state index in [0.29, 0.717) is 17.2 Å². The minimum absolute atomic E-state index is 0.154. The van der Waals surface area contributed by atoms with Crippen molar-refractivity contribution in [2.75, 3.05) is 0 Å². The van der Waals surface area contributed by atoms with E-state index >= 15 is 0 Å². The molecular weight excluding hydrogens is 321 g/mol. The summed E-state index contributed by atoms with van der Waals surface area (Å²) in [6, 6.07) is 3.84. The maximum absolute atomic E-state index is 13.4. The maximum atomic E-state index is 13.4. The molecule has 0 N–H and O–H groups in total. The van der Waals surface area contributed by atoms with Crippen LogP contribution in [0.2, 0.25) is 0 Å². The molecule has 0 aliphatic carbocycles. The zero-order chi connectivity index (χ0) is 15.2. The number of hydrogen-bond donors (Lipinski definition) is 0. The summed E-state index contributed by atoms with van der Waals surface area (Å²) in [6.07, 6.45) is 1.33. The van der Waals surface area contributed by atoms with Crippen LogP contribution in [0.5, 0.6) is 0 Å². The van der Waals surface area contributed by atoms with Crippen LogP contribution in [0.1, 0.15) is 11.7 Å². The van der Waals surface area contributed by atoms with E-state index < -0.39 is 14.9 Å². The normalized spacial score (nSPS) is 12.1. The fourth-order valence-corrected chi connectivity index (χ4v) is 3.17. The molecule has 21 heavy (non-hydrogen) atoms. The highest BCUT2D eigenvalue weighted by molar-refractivity contribution is 8.14. The first-order valence-electron chi connectivity index (χ1n) is 5.87. The Hall–Kier alpha value is -1.93. The second-order valence-corrected chi connectivity index (χ2v) is 6.98. The summed E-state index contributed by atoms with van der Waals surface area (Å²) in [4.78, 5) is 3.89. The molecule has 0 saturated carbocycles. The van der Waals surface area contributed by atoms with Gasteiger partial charge in [-0.2, -0.15) is 4.98 Å². The van der Waals surface area contributed by atoms with E-state index in [1.807, 2.05) is 0 Å². The van der Waals surface area contributed by atoms with Gasteiger partial charge in [0.1, 0.15) is 10.7 Å². The van der Waals surface area contributed by atoms with Gasteiger partial charge in [-0.1, -0.05) is 5.16 Å². The van der Waals surface area contributed by atoms with Crippen LogP contribution in [0.15, 0.2) is 33.8 Å². The Balaban J connectivity index is 2.19. The van der Waals surface area contributed by atoms with Gasteiger partial charge in [-0.3, -0.25) is 0 Å². The van der Waals surface area contributed by atoms with E-state index in [0.717, 1.165) is 6.07 Å². The summed E-state index contributed by atoms with van der Waals surface area (Å²) in [5.74, 6) is 0.238. The van der Waals surface area contributed by atoms with Crippen LogP contribution in [-0.2, 0) is 15.6 Å². The molecule has 0 atom stereocenters. The monoisotopic (exact) mass is 329 g/mol. The van der Waals surface area contributed by atoms with Gasteiger partial charge in [0, 0.05) is 29.2 Å². The highest BCUT2D eigenvalue weighted by Gasteiger charge is 2.20. The van der Waals surface area contributed by atoms with Crippen molar-refractivity contribution in [3.05, 3.63) is 41.9 Å². The van der Waals surface area contributed by atoms with Crippen molar-refractivity contribution in [1.29, 1.82) is 0 Å². The molecule has 3 aromatic rings. The summed E-state index contributed by atoms with van der Waals surface area (Å²) >= 11 is 0. The zero-order valence-electron chi connectivity index (χ0n) is 10.7. The number of hydrogen-bond acceptors (Lipinski definition) is 5. The van der Waals surface area contributed by atoms with E-state index in [2.05, 4.69) is 10.1 Å². The fourth-order valence-electron chi connectivity index (χ4n) is 2.12. The average Bonchev–Trinajstić information content (AvgIpc) is 2.93. The van der Waals surface area contributed by atoms with Gasteiger partial charge >= 0.3 is 0 Å². The van der Waals surface area contributed by atoms with Crippen LogP contribution in [0.25, 0.3) is 10.9 Å². The Bertz CT molecular complexity index is 933. The molecule has 6 nitrogen and oxygen atoms in total. The molecule has 0 fully saturated rings. The Morgan fingerprint density at radius 1 is 1.43 bits per heavy atom. The van der Waals surface area contributed by atoms with Crippen molar-refractivity contribution in [3.63, 3.8) is 0 Å². The number of fused-ring (bicyclic) bond motifs is 1. The second kappa shape index (κ2) is 4.81. The minimum Gasteiger partial charge on any atom is -0.340 e. The maximum Gasteiger partial charge on any atom is 0.263 e. The molecule has 2 heterocycles. The molecule has 3 rings (SSSR count). The molecule has 0 bridgehead atoms. The van der Waals surface area contributed by atoms with Gasteiger partial charge in [0.05, 0.1) is 12.1 Å². The third-order valence-corrected chi connectivity index (χ3v) is 4.30. The average molecular weight is 330 g/mol. The van der Waals surface area contributed by atoms with E-state index in [-0.39, 0.29) is 16.8 Å². The van der Waals surface area contributed by atoms with Gasteiger partial charge in [0.25, 0.3) is 9.05 Å². The van der Waals surface area contributed by atoms with Crippen LogP contribution in [0.4, 0.5) is 4.39 Å². The number of nitrogens with zero attached hydrogens (tertiary/aromatic N) is 3. The van der Waals surface area contributed by atoms with Crippen molar-refractivity contribution in [2.24, 2.45) is 0 Å². The Labute approximate surface area is 123 Å². The molecule has 0 unspecified atom stereocenters. The molecule has 0 radical (unpaired) electrons. The lowest BCUT2D eigenvalue weighted by Gasteiger charge is -2.00. The molecule has 0 spiro atoms. The fraction of sp³-hybridized carbons (Fsp3) is 0.167. The largest absolute Gasteiger partial charge is 0.340 e. The van der Waals surface area contributed by atoms with Crippen molar-refractivity contribution in [2.45, 2.75) is 18.4 Å². The standard InChI is InChI=1S/C12H9ClFN3O3S/c1-7-15-12(16-20-7)6-17-5-11(21(13,18)19)9-4-8(14)2-3-10(9)17/h2-5H,6H2,1H3. The molecule has 2 aromatic heterocycles. The lowest BCUT2D eigenvalue weighted by molar-refractivity contribution is 0.386. The third-order valence-electron chi connectivity index (χ3n) is 2.95. The van der Waals surface area contributed by atoms with Crippen molar-refractivity contribution in [3.8, 4) is 0 Å². The Kier molecular flexibility index (Phi) is 3.22. The van der Waals surface area contributed by atoms with Gasteiger partial charge in [-0.25, -0.2) is 12.8 Å². The molecule has 0 aliphatic heterocycles. The van der Waals surface area contributed by atoms with Gasteiger partial charge in [0.2, 0.25) is 5.89 Å². The lowest BCUT2D eigenvalue weighted by atomic mass is 10.2. The van der Waals surface area contributed by atoms with Crippen molar-refractivity contribution >= 4 is 30.6 Å². The lowest BCUT2D eigenvalue weighted by Crippen LogP contribution is -2.00. The molecule has 0 aliphatic rings. The van der Waals surface area contributed by atoms with Crippen LogP contribution >= 0.6 is 10.7 Å². The first-order valence-corrected chi connectivity index (χ1v) is 8.18. The van der Waals surface area contributed by atoms with E-state index in [1.54, 1.807) is 11.5 Å². The summed E-state index contributed by atoms with van der Waals surface area (Å²) < 4.78 is 43.0. The summed E-state index contributed by atoms with van der Waals surface area (Å²) in [5.41, 5.74) is 0.512. The predicted octanol–water partition coefficient (Wildman–Crippen LogP) is 2.45. The van der Waals surface area contributed by atoms with Gasteiger partial charge in [-0.15, -0.1) is 0 Å². The molecule has 110 valence electrons. The zero-order valence-corrected chi connectivity index (χ0v) is 12.3. The SMILES string of the molecule is Cc1nc(Cn2cc(S(=O)(=O)Cl)c3cc(F)ccc32)no1. The number of rotatable bonds is 3. The van der Waals surface area contributed by atoms with Crippen LogP contribution in [0, 0.1) is 12.7 Å². The van der Waals surface area contributed by atoms with Crippen LogP contribution in [-0.4, -0.2) is 23.1 Å². The molecule has 0 amide bonds.